The summed E-state index contributed by atoms with van der Waals surface area (Å²) in [5, 5.41) is 3.10. The van der Waals surface area contributed by atoms with E-state index in [2.05, 4.69) is 11.4 Å². The van der Waals surface area contributed by atoms with Gasteiger partial charge in [0.15, 0.2) is 0 Å². The zero-order valence-electron chi connectivity index (χ0n) is 6.50. The highest BCUT2D eigenvalue weighted by molar-refractivity contribution is 5.86. The Morgan fingerprint density at radius 2 is 2.58 bits per heavy atom. The van der Waals surface area contributed by atoms with E-state index in [9.17, 15) is 4.79 Å². The SMILES string of the molecule is NC(=O)C1CNc2ccc[c]c21. The largest absolute Gasteiger partial charge is 0.384 e. The highest BCUT2D eigenvalue weighted by atomic mass is 16.1. The van der Waals surface area contributed by atoms with E-state index in [4.69, 9.17) is 5.73 Å². The molecule has 0 bridgehead atoms. The van der Waals surface area contributed by atoms with Gasteiger partial charge in [-0.2, -0.15) is 0 Å². The topological polar surface area (TPSA) is 55.1 Å². The van der Waals surface area contributed by atoms with Gasteiger partial charge in [0.05, 0.1) is 5.92 Å². The first kappa shape index (κ1) is 7.16. The van der Waals surface area contributed by atoms with Crippen molar-refractivity contribution in [2.75, 3.05) is 11.9 Å². The lowest BCUT2D eigenvalue weighted by atomic mass is 10.0. The number of anilines is 1. The molecule has 1 aliphatic heterocycles. The lowest BCUT2D eigenvalue weighted by Gasteiger charge is -2.02. The summed E-state index contributed by atoms with van der Waals surface area (Å²) in [5.41, 5.74) is 7.08. The Labute approximate surface area is 70.6 Å². The highest BCUT2D eigenvalue weighted by Gasteiger charge is 2.25. The molecule has 2 rings (SSSR count). The zero-order chi connectivity index (χ0) is 8.55. The van der Waals surface area contributed by atoms with E-state index in [0.29, 0.717) is 6.54 Å². The molecule has 1 heterocycles. The second kappa shape index (κ2) is 2.52. The molecule has 0 spiro atoms. The molecule has 1 atom stereocenters. The normalized spacial score (nSPS) is 19.8. The van der Waals surface area contributed by atoms with E-state index < -0.39 is 0 Å². The molecule has 3 N–H and O–H groups in total. The molecule has 3 nitrogen and oxygen atoms in total. The first-order valence-electron chi connectivity index (χ1n) is 3.83. The van der Waals surface area contributed by atoms with Gasteiger partial charge >= 0.3 is 0 Å². The Morgan fingerprint density at radius 3 is 3.33 bits per heavy atom. The summed E-state index contributed by atoms with van der Waals surface area (Å²) in [5.74, 6) is -0.495. The smallest absolute Gasteiger partial charge is 0.226 e. The van der Waals surface area contributed by atoms with Crippen LogP contribution in [0.15, 0.2) is 18.2 Å². The van der Waals surface area contributed by atoms with Gasteiger partial charge in [-0.15, -0.1) is 0 Å². The summed E-state index contributed by atoms with van der Waals surface area (Å²) in [4.78, 5) is 10.9. The average molecular weight is 161 g/mol. The number of amides is 1. The van der Waals surface area contributed by atoms with Crippen LogP contribution < -0.4 is 11.1 Å². The molecular formula is C9H9N2O. The minimum Gasteiger partial charge on any atom is -0.384 e. The predicted octanol–water partition coefficient (Wildman–Crippen LogP) is 0.481. The lowest BCUT2D eigenvalue weighted by Crippen LogP contribution is -2.22. The summed E-state index contributed by atoms with van der Waals surface area (Å²) in [6, 6.07) is 8.62. The number of rotatable bonds is 1. The molecule has 0 saturated carbocycles. The van der Waals surface area contributed by atoms with Crippen molar-refractivity contribution in [3.63, 3.8) is 0 Å². The van der Waals surface area contributed by atoms with Gasteiger partial charge in [-0.25, -0.2) is 0 Å². The van der Waals surface area contributed by atoms with E-state index in [1.165, 1.54) is 0 Å². The second-order valence-electron chi connectivity index (χ2n) is 2.83. The Hall–Kier alpha value is -1.51. The molecule has 1 radical (unpaired) electrons. The number of primary amides is 1. The molecule has 1 aliphatic rings. The fourth-order valence-corrected chi connectivity index (χ4v) is 1.45. The first-order chi connectivity index (χ1) is 5.79. The number of nitrogens with two attached hydrogens (primary N) is 1. The lowest BCUT2D eigenvalue weighted by molar-refractivity contribution is -0.119. The van der Waals surface area contributed by atoms with Gasteiger partial charge in [0.2, 0.25) is 5.91 Å². The molecule has 1 aromatic rings. The van der Waals surface area contributed by atoms with Crippen LogP contribution in [0.3, 0.4) is 0 Å². The molecular weight excluding hydrogens is 152 g/mol. The van der Waals surface area contributed by atoms with Crippen LogP contribution in [0.1, 0.15) is 11.5 Å². The van der Waals surface area contributed by atoms with Crippen LogP contribution >= 0.6 is 0 Å². The summed E-state index contributed by atoms with van der Waals surface area (Å²) >= 11 is 0. The number of hydrogen-bond donors (Lipinski definition) is 2. The van der Waals surface area contributed by atoms with Crippen molar-refractivity contribution in [1.29, 1.82) is 0 Å². The van der Waals surface area contributed by atoms with Crippen molar-refractivity contribution in [2.24, 2.45) is 5.73 Å². The number of hydrogen-bond acceptors (Lipinski definition) is 2. The Morgan fingerprint density at radius 1 is 1.75 bits per heavy atom. The summed E-state index contributed by atoms with van der Waals surface area (Å²) < 4.78 is 0. The second-order valence-corrected chi connectivity index (χ2v) is 2.83. The standard InChI is InChI=1S/C9H9N2O/c10-9(12)7-5-11-8-4-2-1-3-6(7)8/h1-2,4,7,11H,5H2,(H2,10,12). The van der Waals surface area contributed by atoms with Crippen LogP contribution in [-0.4, -0.2) is 12.5 Å². The fourth-order valence-electron chi connectivity index (χ4n) is 1.45. The van der Waals surface area contributed by atoms with Crippen LogP contribution in [0.5, 0.6) is 0 Å². The number of fused-ring (bicyclic) bond motifs is 1. The van der Waals surface area contributed by atoms with E-state index in [-0.39, 0.29) is 11.8 Å². The van der Waals surface area contributed by atoms with Gasteiger partial charge in [-0.05, 0) is 17.7 Å². The van der Waals surface area contributed by atoms with Crippen LogP contribution in [-0.2, 0) is 4.79 Å². The van der Waals surface area contributed by atoms with E-state index in [0.717, 1.165) is 11.3 Å². The zero-order valence-corrected chi connectivity index (χ0v) is 6.50. The van der Waals surface area contributed by atoms with Crippen molar-refractivity contribution in [2.45, 2.75) is 5.92 Å². The van der Waals surface area contributed by atoms with Crippen LogP contribution in [0.25, 0.3) is 0 Å². The summed E-state index contributed by atoms with van der Waals surface area (Å²) in [6.07, 6.45) is 0. The van der Waals surface area contributed by atoms with Crippen LogP contribution in [0.2, 0.25) is 0 Å². The molecule has 61 valence electrons. The van der Waals surface area contributed by atoms with Crippen molar-refractivity contribution in [3.05, 3.63) is 29.8 Å². The minimum atomic E-state index is -0.288. The van der Waals surface area contributed by atoms with Gasteiger partial charge in [0.25, 0.3) is 0 Å². The van der Waals surface area contributed by atoms with Crippen molar-refractivity contribution in [1.82, 2.24) is 0 Å². The minimum absolute atomic E-state index is 0.207. The molecule has 0 aromatic heterocycles. The summed E-state index contributed by atoms with van der Waals surface area (Å²) in [7, 11) is 0. The Kier molecular flexibility index (Phi) is 1.50. The Balaban J connectivity index is 2.42. The molecule has 1 aromatic carbocycles. The third kappa shape index (κ3) is 0.942. The predicted molar refractivity (Wildman–Crippen MR) is 45.7 cm³/mol. The maximum absolute atomic E-state index is 10.9. The third-order valence-electron chi connectivity index (χ3n) is 2.08. The van der Waals surface area contributed by atoms with Crippen LogP contribution in [0.4, 0.5) is 5.69 Å². The van der Waals surface area contributed by atoms with Crippen molar-refractivity contribution in [3.8, 4) is 0 Å². The van der Waals surface area contributed by atoms with Gasteiger partial charge < -0.3 is 11.1 Å². The molecule has 12 heavy (non-hydrogen) atoms. The van der Waals surface area contributed by atoms with Crippen molar-refractivity contribution >= 4 is 11.6 Å². The highest BCUT2D eigenvalue weighted by Crippen LogP contribution is 2.29. The van der Waals surface area contributed by atoms with Gasteiger partial charge in [0.1, 0.15) is 0 Å². The quantitative estimate of drug-likeness (QED) is 0.629. The Bertz CT molecular complexity index is 322. The van der Waals surface area contributed by atoms with Gasteiger partial charge in [0, 0.05) is 12.2 Å². The molecule has 3 heteroatoms. The first-order valence-corrected chi connectivity index (χ1v) is 3.83. The number of carbonyl (C=O) groups excluding carboxylic acids is 1. The number of carbonyl (C=O) groups is 1. The maximum Gasteiger partial charge on any atom is 0.226 e. The third-order valence-corrected chi connectivity index (χ3v) is 2.08. The van der Waals surface area contributed by atoms with Crippen molar-refractivity contribution < 1.29 is 4.79 Å². The van der Waals surface area contributed by atoms with Gasteiger partial charge in [-0.1, -0.05) is 12.1 Å². The summed E-state index contributed by atoms with van der Waals surface area (Å²) in [6.45, 7) is 0.602. The fraction of sp³-hybridized carbons (Fsp3) is 0.222. The maximum atomic E-state index is 10.9. The number of nitrogens with one attached hydrogen (secondary N) is 1. The monoisotopic (exact) mass is 161 g/mol. The molecule has 1 amide bonds. The van der Waals surface area contributed by atoms with E-state index >= 15 is 0 Å². The molecule has 0 saturated heterocycles. The molecule has 0 aliphatic carbocycles. The average Bonchev–Trinajstić information content (AvgIpc) is 2.47. The van der Waals surface area contributed by atoms with Gasteiger partial charge in [-0.3, -0.25) is 4.79 Å². The number of benzene rings is 1. The van der Waals surface area contributed by atoms with Crippen LogP contribution in [0, 0.1) is 6.07 Å². The molecule has 0 fully saturated rings. The molecule has 1 unspecified atom stereocenters. The van der Waals surface area contributed by atoms with E-state index in [1.807, 2.05) is 12.1 Å². The van der Waals surface area contributed by atoms with E-state index in [1.54, 1.807) is 6.07 Å².